The van der Waals surface area contributed by atoms with Crippen LogP contribution in [0.3, 0.4) is 0 Å². The summed E-state index contributed by atoms with van der Waals surface area (Å²) < 4.78 is 0. The van der Waals surface area contributed by atoms with E-state index in [1.54, 1.807) is 12.3 Å². The van der Waals surface area contributed by atoms with E-state index >= 15 is 0 Å². The summed E-state index contributed by atoms with van der Waals surface area (Å²) in [6.07, 6.45) is 6.49. The highest BCUT2D eigenvalue weighted by atomic mass is 32.2. The first-order valence-corrected chi connectivity index (χ1v) is 7.56. The predicted molar refractivity (Wildman–Crippen MR) is 78.8 cm³/mol. The lowest BCUT2D eigenvalue weighted by Crippen LogP contribution is -2.33. The lowest BCUT2D eigenvalue weighted by atomic mass is 10.1. The van der Waals surface area contributed by atoms with Gasteiger partial charge in [-0.15, -0.1) is 0 Å². The molecular weight excluding hydrogens is 276 g/mol. The molecule has 0 atom stereocenters. The van der Waals surface area contributed by atoms with Gasteiger partial charge in [0.05, 0.1) is 0 Å². The van der Waals surface area contributed by atoms with Crippen LogP contribution in [-0.4, -0.2) is 51.5 Å². The van der Waals surface area contributed by atoms with Crippen LogP contribution in [0.15, 0.2) is 24.5 Å². The number of carbonyl (C=O) groups excluding carboxylic acids is 1. The van der Waals surface area contributed by atoms with E-state index in [1.807, 2.05) is 16.7 Å². The van der Waals surface area contributed by atoms with Gasteiger partial charge in [-0.1, -0.05) is 0 Å². The van der Waals surface area contributed by atoms with Gasteiger partial charge < -0.3 is 10.0 Å². The first-order valence-electron chi connectivity index (χ1n) is 6.40. The normalized spacial score (nSPS) is 16.1. The fourth-order valence-corrected chi connectivity index (χ4v) is 2.90. The molecule has 1 aromatic heterocycles. The summed E-state index contributed by atoms with van der Waals surface area (Å²) in [7, 11) is 0. The largest absolute Gasteiger partial charge is 0.478 e. The Morgan fingerprint density at radius 1 is 1.35 bits per heavy atom. The van der Waals surface area contributed by atoms with E-state index in [2.05, 4.69) is 4.98 Å². The maximum Gasteiger partial charge on any atom is 0.328 e. The second-order valence-corrected chi connectivity index (χ2v) is 5.62. The monoisotopic (exact) mass is 292 g/mol. The molecule has 1 N–H and O–H groups in total. The summed E-state index contributed by atoms with van der Waals surface area (Å²) in [6.45, 7) is 1.48. The summed E-state index contributed by atoms with van der Waals surface area (Å²) in [5.74, 6) is 0.918. The Balaban J connectivity index is 2.22. The van der Waals surface area contributed by atoms with Crippen LogP contribution >= 0.6 is 11.8 Å². The lowest BCUT2D eigenvalue weighted by molar-refractivity contribution is -0.131. The number of amides is 1. The molecule has 0 saturated carbocycles. The maximum absolute atomic E-state index is 12.5. The molecule has 1 aliphatic rings. The Morgan fingerprint density at radius 2 is 2.20 bits per heavy atom. The minimum absolute atomic E-state index is 0.0556. The third-order valence-electron chi connectivity index (χ3n) is 3.00. The second kappa shape index (κ2) is 7.09. The Kier molecular flexibility index (Phi) is 5.17. The molecule has 2 rings (SSSR count). The Hall–Kier alpha value is -1.82. The zero-order chi connectivity index (χ0) is 14.4. The molecule has 1 fully saturated rings. The SMILES string of the molecule is O=C(O)C=Cc1cnccc1C(=O)N1CCCSCC1. The van der Waals surface area contributed by atoms with Crippen molar-refractivity contribution < 1.29 is 14.7 Å². The number of hydrogen-bond acceptors (Lipinski definition) is 4. The average Bonchev–Trinajstić information content (AvgIpc) is 2.73. The van der Waals surface area contributed by atoms with Crippen LogP contribution in [0.25, 0.3) is 6.08 Å². The van der Waals surface area contributed by atoms with Crippen molar-refractivity contribution in [1.82, 2.24) is 9.88 Å². The highest BCUT2D eigenvalue weighted by Gasteiger charge is 2.19. The van der Waals surface area contributed by atoms with Crippen LogP contribution in [0.1, 0.15) is 22.3 Å². The first-order chi connectivity index (χ1) is 9.68. The van der Waals surface area contributed by atoms with Crippen LogP contribution in [0.2, 0.25) is 0 Å². The van der Waals surface area contributed by atoms with E-state index in [0.717, 1.165) is 37.1 Å². The van der Waals surface area contributed by atoms with Crippen molar-refractivity contribution in [2.75, 3.05) is 24.6 Å². The molecule has 6 heteroatoms. The van der Waals surface area contributed by atoms with E-state index in [0.29, 0.717) is 11.1 Å². The molecule has 0 bridgehead atoms. The van der Waals surface area contributed by atoms with Crippen molar-refractivity contribution in [2.45, 2.75) is 6.42 Å². The van der Waals surface area contributed by atoms with Gasteiger partial charge in [0.2, 0.25) is 0 Å². The molecule has 0 radical (unpaired) electrons. The third-order valence-corrected chi connectivity index (χ3v) is 4.05. The topological polar surface area (TPSA) is 70.5 Å². The Bertz CT molecular complexity index is 523. The Morgan fingerprint density at radius 3 is 3.00 bits per heavy atom. The van der Waals surface area contributed by atoms with Crippen molar-refractivity contribution >= 4 is 29.7 Å². The van der Waals surface area contributed by atoms with Crippen molar-refractivity contribution in [1.29, 1.82) is 0 Å². The first kappa shape index (κ1) is 14.6. The van der Waals surface area contributed by atoms with E-state index in [4.69, 9.17) is 5.11 Å². The second-order valence-electron chi connectivity index (χ2n) is 4.39. The summed E-state index contributed by atoms with van der Waals surface area (Å²) in [4.78, 5) is 28.9. The molecule has 1 saturated heterocycles. The minimum Gasteiger partial charge on any atom is -0.478 e. The van der Waals surface area contributed by atoms with E-state index < -0.39 is 5.97 Å². The molecule has 0 unspecified atom stereocenters. The van der Waals surface area contributed by atoms with Crippen LogP contribution in [0, 0.1) is 0 Å². The zero-order valence-corrected chi connectivity index (χ0v) is 11.8. The fraction of sp³-hybridized carbons (Fsp3) is 0.357. The molecule has 106 valence electrons. The van der Waals surface area contributed by atoms with Crippen molar-refractivity contribution in [3.05, 3.63) is 35.7 Å². The molecule has 0 aromatic carbocycles. The molecule has 0 aliphatic carbocycles. The van der Waals surface area contributed by atoms with Crippen LogP contribution < -0.4 is 0 Å². The number of pyridine rings is 1. The molecular formula is C14H16N2O3S. The summed E-state index contributed by atoms with van der Waals surface area (Å²) >= 11 is 1.85. The van der Waals surface area contributed by atoms with Gasteiger partial charge in [0.25, 0.3) is 5.91 Å². The smallest absolute Gasteiger partial charge is 0.328 e. The number of carboxylic acids is 1. The van der Waals surface area contributed by atoms with Gasteiger partial charge in [0.15, 0.2) is 0 Å². The third kappa shape index (κ3) is 3.84. The average molecular weight is 292 g/mol. The number of aliphatic carboxylic acids is 1. The van der Waals surface area contributed by atoms with E-state index in [-0.39, 0.29) is 5.91 Å². The van der Waals surface area contributed by atoms with Gasteiger partial charge in [0.1, 0.15) is 0 Å². The minimum atomic E-state index is -1.04. The van der Waals surface area contributed by atoms with Crippen LogP contribution in [-0.2, 0) is 4.79 Å². The highest BCUT2D eigenvalue weighted by Crippen LogP contribution is 2.16. The van der Waals surface area contributed by atoms with Gasteiger partial charge in [0, 0.05) is 48.4 Å². The number of rotatable bonds is 3. The maximum atomic E-state index is 12.5. The molecule has 1 amide bonds. The quantitative estimate of drug-likeness (QED) is 0.860. The van der Waals surface area contributed by atoms with Gasteiger partial charge >= 0.3 is 5.97 Å². The van der Waals surface area contributed by atoms with E-state index in [9.17, 15) is 9.59 Å². The van der Waals surface area contributed by atoms with Gasteiger partial charge in [-0.25, -0.2) is 4.79 Å². The van der Waals surface area contributed by atoms with Gasteiger partial charge in [-0.05, 0) is 24.3 Å². The molecule has 1 aliphatic heterocycles. The standard InChI is InChI=1S/C14H16N2O3S/c17-13(18)3-2-11-10-15-5-4-12(11)14(19)16-6-1-8-20-9-7-16/h2-5,10H,1,6-9H2,(H,17,18). The zero-order valence-electron chi connectivity index (χ0n) is 11.0. The summed E-state index contributed by atoms with van der Waals surface area (Å²) in [5.41, 5.74) is 1.04. The number of thioether (sulfide) groups is 1. The molecule has 20 heavy (non-hydrogen) atoms. The number of aromatic nitrogens is 1. The summed E-state index contributed by atoms with van der Waals surface area (Å²) in [5, 5.41) is 8.68. The van der Waals surface area contributed by atoms with Crippen molar-refractivity contribution in [2.24, 2.45) is 0 Å². The number of hydrogen-bond donors (Lipinski definition) is 1. The predicted octanol–water partition coefficient (Wildman–Crippen LogP) is 1.76. The molecule has 2 heterocycles. The number of carboxylic acid groups (broad SMARTS) is 1. The van der Waals surface area contributed by atoms with Gasteiger partial charge in [-0.2, -0.15) is 11.8 Å². The van der Waals surface area contributed by atoms with Crippen molar-refractivity contribution in [3.63, 3.8) is 0 Å². The number of nitrogens with zero attached hydrogens (tertiary/aromatic N) is 2. The Labute approximate surface area is 121 Å². The molecule has 0 spiro atoms. The number of carbonyl (C=O) groups is 2. The molecule has 1 aromatic rings. The summed E-state index contributed by atoms with van der Waals surface area (Å²) in [6, 6.07) is 1.64. The van der Waals surface area contributed by atoms with E-state index in [1.165, 1.54) is 12.3 Å². The molecule has 5 nitrogen and oxygen atoms in total. The van der Waals surface area contributed by atoms with Crippen LogP contribution in [0.4, 0.5) is 0 Å². The van der Waals surface area contributed by atoms with Crippen molar-refractivity contribution in [3.8, 4) is 0 Å². The van der Waals surface area contributed by atoms with Crippen LogP contribution in [0.5, 0.6) is 0 Å². The highest BCUT2D eigenvalue weighted by molar-refractivity contribution is 7.99. The van der Waals surface area contributed by atoms with Gasteiger partial charge in [-0.3, -0.25) is 9.78 Å². The fourth-order valence-electron chi connectivity index (χ4n) is 2.01. The lowest BCUT2D eigenvalue weighted by Gasteiger charge is -2.20.